The molecule has 0 aliphatic rings. The third kappa shape index (κ3) is 32.7. The molecule has 0 aliphatic heterocycles. The predicted octanol–water partition coefficient (Wildman–Crippen LogP) is 16.9. The van der Waals surface area contributed by atoms with Crippen LogP contribution >= 0.6 is 0 Å². The van der Waals surface area contributed by atoms with Crippen molar-refractivity contribution in [2.45, 2.75) is 284 Å². The summed E-state index contributed by atoms with van der Waals surface area (Å²) in [6, 6.07) is 0. The molecule has 53 heavy (non-hydrogen) atoms. The number of ketones is 2. The molecule has 0 aromatic heterocycles. The number of allylic oxidation sites excluding steroid dienone is 2. The molecule has 0 fully saturated rings. The molecule has 3 heteroatoms. The second-order valence-corrected chi connectivity index (χ2v) is 16.9. The van der Waals surface area contributed by atoms with E-state index in [1.54, 1.807) is 0 Å². The summed E-state index contributed by atoms with van der Waals surface area (Å²) >= 11 is 0. The van der Waals surface area contributed by atoms with Gasteiger partial charge in [0.2, 0.25) is 0 Å². The number of hydrogen-bond donors (Lipinski definition) is 0. The molecule has 0 aromatic rings. The Balaban J connectivity index is 4.56. The van der Waals surface area contributed by atoms with Gasteiger partial charge in [0.15, 0.2) is 11.6 Å². The summed E-state index contributed by atoms with van der Waals surface area (Å²) in [7, 11) is 0. The minimum atomic E-state index is -1.40. The van der Waals surface area contributed by atoms with Crippen LogP contribution in [-0.4, -0.2) is 17.9 Å². The number of hydrogen-bond acceptors (Lipinski definition) is 3. The van der Waals surface area contributed by atoms with Crippen LogP contribution in [0.4, 0.5) is 0 Å². The van der Waals surface area contributed by atoms with Crippen LogP contribution in [-0.2, 0) is 14.4 Å². The van der Waals surface area contributed by atoms with Gasteiger partial charge in [-0.25, -0.2) is 0 Å². The van der Waals surface area contributed by atoms with Crippen LogP contribution in [0, 0.1) is 5.41 Å². The van der Waals surface area contributed by atoms with Crippen molar-refractivity contribution in [1.82, 2.24) is 0 Å². The van der Waals surface area contributed by atoms with E-state index in [9.17, 15) is 14.4 Å². The van der Waals surface area contributed by atoms with Gasteiger partial charge in [-0.1, -0.05) is 238 Å². The molecule has 0 aliphatic carbocycles. The van der Waals surface area contributed by atoms with Crippen LogP contribution in [0.1, 0.15) is 284 Å². The van der Waals surface area contributed by atoms with Gasteiger partial charge < -0.3 is 4.79 Å². The van der Waals surface area contributed by atoms with Crippen molar-refractivity contribution in [3.8, 4) is 0 Å². The van der Waals surface area contributed by atoms with Crippen LogP contribution in [0.3, 0.4) is 0 Å². The first-order valence-corrected chi connectivity index (χ1v) is 24.3. The van der Waals surface area contributed by atoms with E-state index in [4.69, 9.17) is 0 Å². The van der Waals surface area contributed by atoms with E-state index in [0.717, 1.165) is 76.9 Å². The SMILES string of the molecule is CCCCCCCC/C=C\CCCCCCC(C=O)(C(=O)CCCCCCCCCCCCCCC)C(=O)CCCCCCCCCCCCCCC. The predicted molar refractivity (Wildman–Crippen MR) is 234 cm³/mol. The zero-order valence-corrected chi connectivity index (χ0v) is 36.4. The highest BCUT2D eigenvalue weighted by Crippen LogP contribution is 2.31. The quantitative estimate of drug-likeness (QED) is 0.0270. The molecule has 0 saturated carbocycles. The van der Waals surface area contributed by atoms with Crippen molar-refractivity contribution in [2.24, 2.45) is 5.41 Å². The van der Waals surface area contributed by atoms with E-state index in [1.165, 1.54) is 173 Å². The van der Waals surface area contributed by atoms with Crippen molar-refractivity contribution in [1.29, 1.82) is 0 Å². The maximum Gasteiger partial charge on any atom is 0.153 e. The fourth-order valence-electron chi connectivity index (χ4n) is 7.98. The Labute approximate surface area is 332 Å². The van der Waals surface area contributed by atoms with Crippen molar-refractivity contribution in [3.63, 3.8) is 0 Å². The van der Waals surface area contributed by atoms with Crippen LogP contribution < -0.4 is 0 Å². The maximum atomic E-state index is 13.7. The lowest BCUT2D eigenvalue weighted by Crippen LogP contribution is -2.41. The molecule has 0 heterocycles. The Hall–Kier alpha value is -1.25. The Morgan fingerprint density at radius 2 is 0.585 bits per heavy atom. The first kappa shape index (κ1) is 51.8. The third-order valence-electron chi connectivity index (χ3n) is 11.8. The number of rotatable bonds is 45. The minimum Gasteiger partial charge on any atom is -0.302 e. The van der Waals surface area contributed by atoms with E-state index < -0.39 is 5.41 Å². The summed E-state index contributed by atoms with van der Waals surface area (Å²) in [5.41, 5.74) is -1.40. The van der Waals surface area contributed by atoms with E-state index in [-0.39, 0.29) is 11.6 Å². The molecular formula is C50H94O3. The maximum absolute atomic E-state index is 13.7. The molecule has 0 bridgehead atoms. The molecule has 0 spiro atoms. The third-order valence-corrected chi connectivity index (χ3v) is 11.8. The van der Waals surface area contributed by atoms with Crippen LogP contribution in [0.5, 0.6) is 0 Å². The summed E-state index contributed by atoms with van der Waals surface area (Å²) in [6.07, 6.45) is 53.8. The van der Waals surface area contributed by atoms with Gasteiger partial charge in [-0.2, -0.15) is 0 Å². The standard InChI is InChI=1S/C50H94O3/c1-4-7-10-13-16-19-22-25-28-31-34-37-40-43-46-50(47-51,48(52)44-41-38-35-32-29-26-23-20-17-14-11-8-5-2)49(53)45-42-39-36-33-30-27-24-21-18-15-12-9-6-3/h25,28,47H,4-24,26-27,29-46H2,1-3H3/b28-25-. The molecule has 0 rings (SSSR count). The fraction of sp³-hybridized carbons (Fsp3) is 0.900. The van der Waals surface area contributed by atoms with Gasteiger partial charge in [0.05, 0.1) is 0 Å². The lowest BCUT2D eigenvalue weighted by atomic mass is 9.73. The molecule has 0 amide bonds. The van der Waals surface area contributed by atoms with Crippen LogP contribution in [0.2, 0.25) is 0 Å². The van der Waals surface area contributed by atoms with Crippen molar-refractivity contribution in [3.05, 3.63) is 12.2 Å². The van der Waals surface area contributed by atoms with E-state index >= 15 is 0 Å². The highest BCUT2D eigenvalue weighted by Gasteiger charge is 2.43. The van der Waals surface area contributed by atoms with E-state index in [0.29, 0.717) is 19.3 Å². The van der Waals surface area contributed by atoms with Gasteiger partial charge in [0.25, 0.3) is 0 Å². The molecule has 0 saturated heterocycles. The highest BCUT2D eigenvalue weighted by atomic mass is 16.2. The van der Waals surface area contributed by atoms with Crippen LogP contribution in [0.15, 0.2) is 12.2 Å². The number of carbonyl (C=O) groups is 3. The largest absolute Gasteiger partial charge is 0.302 e. The molecule has 0 aromatic carbocycles. The Kier molecular flexibility index (Phi) is 40.9. The Morgan fingerprint density at radius 1 is 0.340 bits per heavy atom. The number of Topliss-reactive ketones (excluding diaryl/α,β-unsaturated/α-hetero) is 2. The van der Waals surface area contributed by atoms with Gasteiger partial charge in [0, 0.05) is 12.8 Å². The lowest BCUT2D eigenvalue weighted by molar-refractivity contribution is -0.145. The summed E-state index contributed by atoms with van der Waals surface area (Å²) in [4.78, 5) is 40.0. The Bertz CT molecular complexity index is 771. The van der Waals surface area contributed by atoms with Gasteiger partial charge in [0.1, 0.15) is 11.7 Å². The van der Waals surface area contributed by atoms with Gasteiger partial charge >= 0.3 is 0 Å². The summed E-state index contributed by atoms with van der Waals surface area (Å²) in [5, 5.41) is 0. The molecular weight excluding hydrogens is 649 g/mol. The summed E-state index contributed by atoms with van der Waals surface area (Å²) < 4.78 is 0. The number of unbranched alkanes of at least 4 members (excludes halogenated alkanes) is 34. The average molecular weight is 743 g/mol. The van der Waals surface area contributed by atoms with E-state index in [2.05, 4.69) is 32.9 Å². The molecule has 0 N–H and O–H groups in total. The first-order valence-electron chi connectivity index (χ1n) is 24.3. The first-order chi connectivity index (χ1) is 26.1. The lowest BCUT2D eigenvalue weighted by Gasteiger charge is -2.25. The average Bonchev–Trinajstić information content (AvgIpc) is 3.17. The second-order valence-electron chi connectivity index (χ2n) is 16.9. The second kappa shape index (κ2) is 41.9. The molecule has 312 valence electrons. The van der Waals surface area contributed by atoms with Gasteiger partial charge in [-0.3, -0.25) is 9.59 Å². The summed E-state index contributed by atoms with van der Waals surface area (Å²) in [6.45, 7) is 6.81. The summed E-state index contributed by atoms with van der Waals surface area (Å²) in [5.74, 6) is -0.180. The Morgan fingerprint density at radius 3 is 0.868 bits per heavy atom. The normalized spacial score (nSPS) is 11.9. The number of carbonyl (C=O) groups excluding carboxylic acids is 3. The zero-order valence-electron chi connectivity index (χ0n) is 36.4. The topological polar surface area (TPSA) is 51.2 Å². The number of aldehydes is 1. The van der Waals surface area contributed by atoms with Gasteiger partial charge in [-0.15, -0.1) is 0 Å². The zero-order chi connectivity index (χ0) is 38.8. The molecule has 3 nitrogen and oxygen atoms in total. The minimum absolute atomic E-state index is 0.0899. The van der Waals surface area contributed by atoms with Crippen LogP contribution in [0.25, 0.3) is 0 Å². The smallest absolute Gasteiger partial charge is 0.153 e. The molecule has 0 atom stereocenters. The fourth-order valence-corrected chi connectivity index (χ4v) is 7.98. The molecule has 0 radical (unpaired) electrons. The highest BCUT2D eigenvalue weighted by molar-refractivity contribution is 6.18. The van der Waals surface area contributed by atoms with Crippen molar-refractivity contribution in [2.75, 3.05) is 0 Å². The van der Waals surface area contributed by atoms with Crippen molar-refractivity contribution < 1.29 is 14.4 Å². The molecule has 0 unspecified atom stereocenters. The van der Waals surface area contributed by atoms with E-state index in [1.807, 2.05) is 0 Å². The monoisotopic (exact) mass is 743 g/mol. The van der Waals surface area contributed by atoms with Crippen molar-refractivity contribution >= 4 is 17.9 Å². The van der Waals surface area contributed by atoms with Gasteiger partial charge in [-0.05, 0) is 44.9 Å².